The molecular formula is C15H18N2O. The fourth-order valence-corrected chi connectivity index (χ4v) is 2.44. The molecule has 0 unspecified atom stereocenters. The molecular weight excluding hydrogens is 224 g/mol. The van der Waals surface area contributed by atoms with Gasteiger partial charge in [-0.2, -0.15) is 0 Å². The molecule has 0 saturated carbocycles. The second-order valence-corrected chi connectivity index (χ2v) is 4.73. The summed E-state index contributed by atoms with van der Waals surface area (Å²) in [4.78, 5) is 4.93. The Bertz CT molecular complexity index is 459. The molecule has 2 aromatic rings. The lowest BCUT2D eigenvalue weighted by Crippen LogP contribution is -2.45. The van der Waals surface area contributed by atoms with E-state index < -0.39 is 0 Å². The monoisotopic (exact) mass is 242 g/mol. The van der Waals surface area contributed by atoms with Gasteiger partial charge >= 0.3 is 0 Å². The van der Waals surface area contributed by atoms with Crippen LogP contribution in [0.1, 0.15) is 5.56 Å². The standard InChI is InChI=1S/C15H18N2O/c1-2-4-15(5-3-1)17-9-7-16(8-10-17)12-14-6-11-18-13-14/h1-6,11,13H,7-10,12H2. The van der Waals surface area contributed by atoms with Gasteiger partial charge in [-0.3, -0.25) is 4.90 Å². The summed E-state index contributed by atoms with van der Waals surface area (Å²) in [6.45, 7) is 5.42. The van der Waals surface area contributed by atoms with E-state index >= 15 is 0 Å². The summed E-state index contributed by atoms with van der Waals surface area (Å²) >= 11 is 0. The molecule has 1 fully saturated rings. The highest BCUT2D eigenvalue weighted by atomic mass is 16.3. The van der Waals surface area contributed by atoms with Crippen molar-refractivity contribution in [2.75, 3.05) is 31.1 Å². The average molecular weight is 242 g/mol. The van der Waals surface area contributed by atoms with Gasteiger partial charge in [-0.15, -0.1) is 0 Å². The van der Waals surface area contributed by atoms with Crippen LogP contribution in [0.3, 0.4) is 0 Å². The van der Waals surface area contributed by atoms with E-state index in [-0.39, 0.29) is 0 Å². The van der Waals surface area contributed by atoms with Crippen LogP contribution in [-0.2, 0) is 6.54 Å². The topological polar surface area (TPSA) is 19.6 Å². The van der Waals surface area contributed by atoms with Crippen molar-refractivity contribution < 1.29 is 4.42 Å². The minimum Gasteiger partial charge on any atom is -0.472 e. The van der Waals surface area contributed by atoms with Crippen LogP contribution in [0.5, 0.6) is 0 Å². The van der Waals surface area contributed by atoms with Crippen LogP contribution in [0, 0.1) is 0 Å². The van der Waals surface area contributed by atoms with Gasteiger partial charge in [0.15, 0.2) is 0 Å². The Balaban J connectivity index is 1.55. The number of benzene rings is 1. The van der Waals surface area contributed by atoms with Crippen LogP contribution in [0.4, 0.5) is 5.69 Å². The van der Waals surface area contributed by atoms with Crippen molar-refractivity contribution in [3.63, 3.8) is 0 Å². The van der Waals surface area contributed by atoms with Crippen LogP contribution in [0.2, 0.25) is 0 Å². The van der Waals surface area contributed by atoms with Crippen molar-refractivity contribution in [3.05, 3.63) is 54.5 Å². The molecule has 1 saturated heterocycles. The normalized spacial score (nSPS) is 17.0. The van der Waals surface area contributed by atoms with Gasteiger partial charge in [0.1, 0.15) is 0 Å². The first kappa shape index (κ1) is 11.4. The average Bonchev–Trinajstić information content (AvgIpc) is 2.94. The predicted octanol–water partition coefficient (Wildman–Crippen LogP) is 2.60. The Labute approximate surface area is 108 Å². The maximum absolute atomic E-state index is 5.11. The largest absolute Gasteiger partial charge is 0.472 e. The number of piperazine rings is 1. The Hall–Kier alpha value is -1.74. The fourth-order valence-electron chi connectivity index (χ4n) is 2.44. The molecule has 1 aliphatic rings. The molecule has 0 aliphatic carbocycles. The molecule has 0 spiro atoms. The second-order valence-electron chi connectivity index (χ2n) is 4.73. The molecule has 94 valence electrons. The third-order valence-corrected chi connectivity index (χ3v) is 3.48. The van der Waals surface area contributed by atoms with E-state index in [1.807, 2.05) is 12.3 Å². The number of rotatable bonds is 3. The SMILES string of the molecule is c1ccc(N2CCN(Cc3ccoc3)CC2)cc1. The van der Waals surface area contributed by atoms with Gasteiger partial charge in [0.2, 0.25) is 0 Å². The first-order valence-electron chi connectivity index (χ1n) is 6.45. The van der Waals surface area contributed by atoms with Crippen molar-refractivity contribution in [2.45, 2.75) is 6.54 Å². The van der Waals surface area contributed by atoms with E-state index in [1.165, 1.54) is 11.3 Å². The molecule has 1 aromatic carbocycles. The Kier molecular flexibility index (Phi) is 3.33. The highest BCUT2D eigenvalue weighted by Crippen LogP contribution is 2.16. The molecule has 0 radical (unpaired) electrons. The number of hydrogen-bond acceptors (Lipinski definition) is 3. The third-order valence-electron chi connectivity index (χ3n) is 3.48. The van der Waals surface area contributed by atoms with Crippen LogP contribution in [0.15, 0.2) is 53.3 Å². The molecule has 3 nitrogen and oxygen atoms in total. The van der Waals surface area contributed by atoms with E-state index in [0.29, 0.717) is 0 Å². The lowest BCUT2D eigenvalue weighted by molar-refractivity contribution is 0.249. The number of nitrogens with zero attached hydrogens (tertiary/aromatic N) is 2. The lowest BCUT2D eigenvalue weighted by Gasteiger charge is -2.35. The van der Waals surface area contributed by atoms with Crippen LogP contribution < -0.4 is 4.90 Å². The molecule has 0 N–H and O–H groups in total. The van der Waals surface area contributed by atoms with Gasteiger partial charge in [0.25, 0.3) is 0 Å². The maximum Gasteiger partial charge on any atom is 0.0947 e. The van der Waals surface area contributed by atoms with Crippen molar-refractivity contribution in [3.8, 4) is 0 Å². The Morgan fingerprint density at radius 2 is 1.72 bits per heavy atom. The Morgan fingerprint density at radius 1 is 0.944 bits per heavy atom. The van der Waals surface area contributed by atoms with Gasteiger partial charge < -0.3 is 9.32 Å². The summed E-state index contributed by atoms with van der Waals surface area (Å²) in [6, 6.07) is 12.7. The first-order chi connectivity index (χ1) is 8.92. The van der Waals surface area contributed by atoms with Gasteiger partial charge in [0, 0.05) is 44.0 Å². The predicted molar refractivity (Wildman–Crippen MR) is 72.6 cm³/mol. The van der Waals surface area contributed by atoms with Gasteiger partial charge in [-0.25, -0.2) is 0 Å². The highest BCUT2D eigenvalue weighted by molar-refractivity contribution is 5.46. The zero-order valence-corrected chi connectivity index (χ0v) is 10.5. The highest BCUT2D eigenvalue weighted by Gasteiger charge is 2.17. The molecule has 0 atom stereocenters. The first-order valence-corrected chi connectivity index (χ1v) is 6.45. The van der Waals surface area contributed by atoms with E-state index in [2.05, 4.69) is 40.1 Å². The number of para-hydroxylation sites is 1. The Morgan fingerprint density at radius 3 is 2.39 bits per heavy atom. The molecule has 1 aromatic heterocycles. The van der Waals surface area contributed by atoms with Crippen LogP contribution in [-0.4, -0.2) is 31.1 Å². The van der Waals surface area contributed by atoms with Gasteiger partial charge in [0.05, 0.1) is 12.5 Å². The smallest absolute Gasteiger partial charge is 0.0947 e. The summed E-state index contributed by atoms with van der Waals surface area (Å²) in [5.41, 5.74) is 2.60. The number of furan rings is 1. The summed E-state index contributed by atoms with van der Waals surface area (Å²) in [5.74, 6) is 0. The summed E-state index contributed by atoms with van der Waals surface area (Å²) in [7, 11) is 0. The van der Waals surface area contributed by atoms with Crippen molar-refractivity contribution in [1.82, 2.24) is 4.90 Å². The van der Waals surface area contributed by atoms with Crippen molar-refractivity contribution in [1.29, 1.82) is 0 Å². The van der Waals surface area contributed by atoms with Crippen LogP contribution >= 0.6 is 0 Å². The molecule has 2 heterocycles. The quantitative estimate of drug-likeness (QED) is 0.825. The fraction of sp³-hybridized carbons (Fsp3) is 0.333. The zero-order chi connectivity index (χ0) is 12.2. The minimum atomic E-state index is 0.999. The second kappa shape index (κ2) is 5.27. The lowest BCUT2D eigenvalue weighted by atomic mass is 10.2. The molecule has 1 aliphatic heterocycles. The minimum absolute atomic E-state index is 0.999. The number of anilines is 1. The van der Waals surface area contributed by atoms with Crippen molar-refractivity contribution >= 4 is 5.69 Å². The summed E-state index contributed by atoms with van der Waals surface area (Å²) in [5, 5.41) is 0. The molecule has 0 amide bonds. The molecule has 3 rings (SSSR count). The molecule has 18 heavy (non-hydrogen) atoms. The molecule has 0 bridgehead atoms. The number of hydrogen-bond donors (Lipinski definition) is 0. The summed E-state index contributed by atoms with van der Waals surface area (Å²) in [6.07, 6.45) is 3.58. The van der Waals surface area contributed by atoms with E-state index in [0.717, 1.165) is 32.7 Å². The zero-order valence-electron chi connectivity index (χ0n) is 10.5. The van der Waals surface area contributed by atoms with Gasteiger partial charge in [-0.05, 0) is 18.2 Å². The third kappa shape index (κ3) is 2.57. The van der Waals surface area contributed by atoms with Crippen molar-refractivity contribution in [2.24, 2.45) is 0 Å². The van der Waals surface area contributed by atoms with Gasteiger partial charge in [-0.1, -0.05) is 18.2 Å². The maximum atomic E-state index is 5.11. The van der Waals surface area contributed by atoms with Crippen LogP contribution in [0.25, 0.3) is 0 Å². The van der Waals surface area contributed by atoms with E-state index in [1.54, 1.807) is 6.26 Å². The van der Waals surface area contributed by atoms with E-state index in [4.69, 9.17) is 4.42 Å². The molecule has 3 heteroatoms. The van der Waals surface area contributed by atoms with E-state index in [9.17, 15) is 0 Å². The summed E-state index contributed by atoms with van der Waals surface area (Å²) < 4.78 is 5.11.